The lowest BCUT2D eigenvalue weighted by molar-refractivity contribution is -0.161. The minimum Gasteiger partial charge on any atom is -0.493 e. The van der Waals surface area contributed by atoms with Crippen LogP contribution in [-0.4, -0.2) is 59.4 Å². The molecule has 0 radical (unpaired) electrons. The summed E-state index contributed by atoms with van der Waals surface area (Å²) in [5.41, 5.74) is 3.87. The smallest absolute Gasteiger partial charge is 0.246 e. The lowest BCUT2D eigenvalue weighted by atomic mass is 9.84. The van der Waals surface area contributed by atoms with E-state index in [-0.39, 0.29) is 24.4 Å². The van der Waals surface area contributed by atoms with E-state index in [1.54, 1.807) is 19.1 Å². The average molecular weight is 474 g/mol. The maximum absolute atomic E-state index is 14.0. The molecule has 3 aliphatic rings. The summed E-state index contributed by atoms with van der Waals surface area (Å²) in [6.45, 7) is 0.137. The molecule has 3 aromatic rings. The first-order valence-electron chi connectivity index (χ1n) is 12.5. The standard InChI is InChI=1S/C28H31N3O4/c1-34-23-14-8-12-19(27(23)35-2)26-25-20(18-11-6-7-13-21(18)29-25)15-22-28(33)30(16-24(32)31(22)26)17-9-4-3-5-10-17/h6-8,11-14,17,22,26,29H,3-5,9-10,15-16H2,1-2H3/t22-,26?/m0/s1. The van der Waals surface area contributed by atoms with E-state index >= 15 is 0 Å². The molecule has 1 saturated carbocycles. The number of para-hydroxylation sites is 2. The second kappa shape index (κ2) is 8.63. The number of amides is 2. The van der Waals surface area contributed by atoms with Crippen LogP contribution in [0.4, 0.5) is 0 Å². The van der Waals surface area contributed by atoms with Crippen LogP contribution in [0.5, 0.6) is 11.5 Å². The summed E-state index contributed by atoms with van der Waals surface area (Å²) in [5, 5.41) is 1.10. The molecule has 7 heteroatoms. The third-order valence-electron chi connectivity index (χ3n) is 8.04. The van der Waals surface area contributed by atoms with Crippen molar-refractivity contribution in [1.29, 1.82) is 0 Å². The fraction of sp³-hybridized carbons (Fsp3) is 0.429. The summed E-state index contributed by atoms with van der Waals surface area (Å²) in [4.78, 5) is 35.1. The number of aromatic nitrogens is 1. The zero-order chi connectivity index (χ0) is 24.1. The Labute approximate surface area is 205 Å². The van der Waals surface area contributed by atoms with E-state index in [0.717, 1.165) is 53.4 Å². The zero-order valence-electron chi connectivity index (χ0n) is 20.3. The Balaban J connectivity index is 1.52. The van der Waals surface area contributed by atoms with Crippen LogP contribution in [-0.2, 0) is 16.0 Å². The van der Waals surface area contributed by atoms with Crippen molar-refractivity contribution in [3.63, 3.8) is 0 Å². The van der Waals surface area contributed by atoms with E-state index in [1.807, 2.05) is 41.3 Å². The van der Waals surface area contributed by atoms with Crippen molar-refractivity contribution in [2.75, 3.05) is 20.8 Å². The van der Waals surface area contributed by atoms with Gasteiger partial charge in [-0.3, -0.25) is 9.59 Å². The summed E-state index contributed by atoms with van der Waals surface area (Å²) >= 11 is 0. The van der Waals surface area contributed by atoms with Gasteiger partial charge in [0.15, 0.2) is 11.5 Å². The quantitative estimate of drug-likeness (QED) is 0.616. The molecule has 35 heavy (non-hydrogen) atoms. The van der Waals surface area contributed by atoms with E-state index in [4.69, 9.17) is 9.47 Å². The van der Waals surface area contributed by atoms with Crippen molar-refractivity contribution in [3.8, 4) is 11.5 Å². The fourth-order valence-corrected chi connectivity index (χ4v) is 6.44. The highest BCUT2D eigenvalue weighted by Gasteiger charge is 2.50. The summed E-state index contributed by atoms with van der Waals surface area (Å²) in [7, 11) is 3.22. The van der Waals surface area contributed by atoms with Gasteiger partial charge in [-0.25, -0.2) is 0 Å². The summed E-state index contributed by atoms with van der Waals surface area (Å²) in [6, 6.07) is 13.0. The third-order valence-corrected chi connectivity index (χ3v) is 8.04. The predicted molar refractivity (Wildman–Crippen MR) is 133 cm³/mol. The lowest BCUT2D eigenvalue weighted by Gasteiger charge is -2.49. The highest BCUT2D eigenvalue weighted by atomic mass is 16.5. The van der Waals surface area contributed by atoms with Crippen molar-refractivity contribution in [1.82, 2.24) is 14.8 Å². The maximum Gasteiger partial charge on any atom is 0.246 e. The minimum absolute atomic E-state index is 0.0145. The molecule has 1 aromatic heterocycles. The summed E-state index contributed by atoms with van der Waals surface area (Å²) < 4.78 is 11.4. The molecule has 1 aliphatic carbocycles. The maximum atomic E-state index is 14.0. The van der Waals surface area contributed by atoms with Gasteiger partial charge in [0.1, 0.15) is 18.6 Å². The number of methoxy groups -OCH3 is 2. The summed E-state index contributed by atoms with van der Waals surface area (Å²) in [6.07, 6.45) is 5.92. The first-order valence-corrected chi connectivity index (χ1v) is 12.5. The van der Waals surface area contributed by atoms with Crippen LogP contribution in [0.2, 0.25) is 0 Å². The van der Waals surface area contributed by atoms with E-state index in [1.165, 1.54) is 6.42 Å². The molecule has 2 aliphatic heterocycles. The topological polar surface area (TPSA) is 74.9 Å². The number of fused-ring (bicyclic) bond motifs is 4. The van der Waals surface area contributed by atoms with Crippen LogP contribution in [0.15, 0.2) is 42.5 Å². The molecule has 1 saturated heterocycles. The number of carbonyl (C=O) groups is 2. The molecule has 2 aromatic carbocycles. The molecule has 7 nitrogen and oxygen atoms in total. The molecule has 3 heterocycles. The zero-order valence-corrected chi connectivity index (χ0v) is 20.3. The molecule has 2 amide bonds. The van der Waals surface area contributed by atoms with Crippen LogP contribution < -0.4 is 9.47 Å². The van der Waals surface area contributed by atoms with E-state index < -0.39 is 12.1 Å². The number of benzene rings is 2. The molecule has 1 unspecified atom stereocenters. The number of piperazine rings is 1. The van der Waals surface area contributed by atoms with Crippen molar-refractivity contribution in [2.24, 2.45) is 0 Å². The van der Waals surface area contributed by atoms with Gasteiger partial charge in [0.2, 0.25) is 11.8 Å². The van der Waals surface area contributed by atoms with E-state index in [9.17, 15) is 9.59 Å². The number of nitrogens with zero attached hydrogens (tertiary/aromatic N) is 2. The first kappa shape index (κ1) is 22.0. The molecule has 0 spiro atoms. The monoisotopic (exact) mass is 473 g/mol. The third kappa shape index (κ3) is 3.39. The van der Waals surface area contributed by atoms with Gasteiger partial charge in [0, 0.05) is 34.6 Å². The second-order valence-corrected chi connectivity index (χ2v) is 9.83. The SMILES string of the molecule is COc1cccc(C2c3[nH]c4ccccc4c3C[C@H]3C(=O)N(C4CCCCC4)CC(=O)N23)c1OC. The molecular formula is C28H31N3O4. The number of carbonyl (C=O) groups excluding carboxylic acids is 2. The number of nitrogens with one attached hydrogen (secondary N) is 1. The molecule has 1 N–H and O–H groups in total. The summed E-state index contributed by atoms with van der Waals surface area (Å²) in [5.74, 6) is 1.24. The number of hydrogen-bond donors (Lipinski definition) is 1. The molecule has 182 valence electrons. The van der Waals surface area contributed by atoms with Gasteiger partial charge < -0.3 is 24.3 Å². The van der Waals surface area contributed by atoms with Gasteiger partial charge in [-0.15, -0.1) is 0 Å². The number of hydrogen-bond acceptors (Lipinski definition) is 4. The van der Waals surface area contributed by atoms with Crippen LogP contribution in [0.25, 0.3) is 10.9 Å². The fourth-order valence-electron chi connectivity index (χ4n) is 6.44. The average Bonchev–Trinajstić information content (AvgIpc) is 3.28. The van der Waals surface area contributed by atoms with E-state index in [0.29, 0.717) is 17.9 Å². The van der Waals surface area contributed by atoms with Crippen molar-refractivity contribution in [2.45, 2.75) is 56.7 Å². The Bertz CT molecular complexity index is 1290. The van der Waals surface area contributed by atoms with Crippen molar-refractivity contribution in [3.05, 3.63) is 59.3 Å². The second-order valence-electron chi connectivity index (χ2n) is 9.83. The van der Waals surface area contributed by atoms with Gasteiger partial charge in [0.05, 0.1) is 14.2 Å². The highest BCUT2D eigenvalue weighted by molar-refractivity contribution is 5.98. The van der Waals surface area contributed by atoms with Crippen LogP contribution in [0.3, 0.4) is 0 Å². The Morgan fingerprint density at radius 3 is 2.51 bits per heavy atom. The number of H-pyrrole nitrogens is 1. The molecule has 2 fully saturated rings. The molecule has 0 bridgehead atoms. The number of aromatic amines is 1. The molecule has 6 rings (SSSR count). The van der Waals surface area contributed by atoms with Crippen LogP contribution >= 0.6 is 0 Å². The Kier molecular flexibility index (Phi) is 5.43. The Morgan fingerprint density at radius 1 is 0.943 bits per heavy atom. The Morgan fingerprint density at radius 2 is 1.74 bits per heavy atom. The largest absolute Gasteiger partial charge is 0.493 e. The Hall–Kier alpha value is -3.48. The van der Waals surface area contributed by atoms with Crippen LogP contribution in [0.1, 0.15) is 55.0 Å². The van der Waals surface area contributed by atoms with Gasteiger partial charge >= 0.3 is 0 Å². The van der Waals surface area contributed by atoms with Crippen molar-refractivity contribution < 1.29 is 19.1 Å². The van der Waals surface area contributed by atoms with Crippen molar-refractivity contribution >= 4 is 22.7 Å². The van der Waals surface area contributed by atoms with Crippen LogP contribution in [0, 0.1) is 0 Å². The number of ether oxygens (including phenoxy) is 2. The van der Waals surface area contributed by atoms with Gasteiger partial charge in [-0.2, -0.15) is 0 Å². The van der Waals surface area contributed by atoms with Gasteiger partial charge in [-0.05, 0) is 30.5 Å². The lowest BCUT2D eigenvalue weighted by Crippen LogP contribution is -2.65. The molecule has 2 atom stereocenters. The minimum atomic E-state index is -0.536. The first-order chi connectivity index (χ1) is 17.1. The van der Waals surface area contributed by atoms with E-state index in [2.05, 4.69) is 11.1 Å². The highest BCUT2D eigenvalue weighted by Crippen LogP contribution is 2.47. The predicted octanol–water partition coefficient (Wildman–Crippen LogP) is 4.20. The normalized spacial score (nSPS) is 22.8. The van der Waals surface area contributed by atoms with Gasteiger partial charge in [0.25, 0.3) is 0 Å². The van der Waals surface area contributed by atoms with Gasteiger partial charge in [-0.1, -0.05) is 49.6 Å². The molecular weight excluding hydrogens is 442 g/mol. The number of rotatable bonds is 4.